The number of thioether (sulfide) groups is 1. The zero-order valence-corrected chi connectivity index (χ0v) is 14.0. The quantitative estimate of drug-likeness (QED) is 0.563. The molecule has 0 saturated carbocycles. The van der Waals surface area contributed by atoms with Crippen LogP contribution in [0, 0.1) is 0 Å². The van der Waals surface area contributed by atoms with Crippen LogP contribution >= 0.6 is 11.8 Å². The maximum atomic E-state index is 12.5. The van der Waals surface area contributed by atoms with Gasteiger partial charge in [0.05, 0.1) is 12.1 Å². The Morgan fingerprint density at radius 1 is 1.42 bits per heavy atom. The molecular weight excluding hydrogens is 347 g/mol. The lowest BCUT2D eigenvalue weighted by Gasteiger charge is -2.18. The second-order valence-corrected chi connectivity index (χ2v) is 5.82. The van der Waals surface area contributed by atoms with E-state index in [2.05, 4.69) is 10.3 Å². The molecule has 0 bridgehead atoms. The molecule has 1 N–H and O–H groups in total. The van der Waals surface area contributed by atoms with E-state index in [1.807, 2.05) is 0 Å². The summed E-state index contributed by atoms with van der Waals surface area (Å²) in [5.74, 6) is -1.11. The lowest BCUT2D eigenvalue weighted by atomic mass is 10.2. The average molecular weight is 365 g/mol. The molecule has 10 heteroatoms. The first kappa shape index (κ1) is 20.2. The zero-order chi connectivity index (χ0) is 18.2. The van der Waals surface area contributed by atoms with Crippen LogP contribution in [-0.4, -0.2) is 61.1 Å². The van der Waals surface area contributed by atoms with Gasteiger partial charge in [0, 0.05) is 45.3 Å². The second-order valence-electron chi connectivity index (χ2n) is 4.76. The lowest BCUT2D eigenvalue weighted by Crippen LogP contribution is -2.39. The Balaban J connectivity index is 2.67. The number of likely N-dealkylation sites (N-methyl/N-ethyl adjacent to an activating group) is 1. The third kappa shape index (κ3) is 7.18. The van der Waals surface area contributed by atoms with Gasteiger partial charge in [-0.2, -0.15) is 13.2 Å². The number of hydrogen-bond acceptors (Lipinski definition) is 5. The maximum Gasteiger partial charge on any atom is 0.447 e. The van der Waals surface area contributed by atoms with E-state index in [-0.39, 0.29) is 12.1 Å². The molecule has 0 aliphatic rings. The summed E-state index contributed by atoms with van der Waals surface area (Å²) >= 11 is -0.462. The summed E-state index contributed by atoms with van der Waals surface area (Å²) in [7, 11) is 2.88. The SMILES string of the molecule is COCCCNC(=O)CN(C)C(=O)c1cccnc1SC(F)(F)F. The van der Waals surface area contributed by atoms with Gasteiger partial charge in [-0.1, -0.05) is 0 Å². The standard InChI is InChI=1S/C14H18F3N3O3S/c1-20(9-11(21)18-7-4-8-23-2)13(22)10-5-3-6-19-12(10)24-14(15,16)17/h3,5-6H,4,7-9H2,1-2H3,(H,18,21). The number of methoxy groups -OCH3 is 1. The monoisotopic (exact) mass is 365 g/mol. The number of rotatable bonds is 8. The number of ether oxygens (including phenoxy) is 1. The van der Waals surface area contributed by atoms with Crippen molar-refractivity contribution in [2.45, 2.75) is 17.0 Å². The number of alkyl halides is 3. The normalized spacial score (nSPS) is 11.2. The Kier molecular flexibility index (Phi) is 7.99. The highest BCUT2D eigenvalue weighted by atomic mass is 32.2. The van der Waals surface area contributed by atoms with Gasteiger partial charge in [-0.25, -0.2) is 4.98 Å². The van der Waals surface area contributed by atoms with Gasteiger partial charge in [0.2, 0.25) is 5.91 Å². The van der Waals surface area contributed by atoms with Crippen molar-refractivity contribution >= 4 is 23.6 Å². The molecule has 1 aromatic rings. The van der Waals surface area contributed by atoms with Crippen molar-refractivity contribution in [3.63, 3.8) is 0 Å². The Morgan fingerprint density at radius 2 is 2.12 bits per heavy atom. The minimum atomic E-state index is -4.55. The number of amides is 2. The molecule has 2 amide bonds. The fraction of sp³-hybridized carbons (Fsp3) is 0.500. The highest BCUT2D eigenvalue weighted by molar-refractivity contribution is 8.00. The van der Waals surface area contributed by atoms with Gasteiger partial charge >= 0.3 is 5.51 Å². The number of nitrogens with zero attached hydrogens (tertiary/aromatic N) is 2. The van der Waals surface area contributed by atoms with Gasteiger partial charge in [0.1, 0.15) is 5.03 Å². The molecule has 1 aromatic heterocycles. The van der Waals surface area contributed by atoms with Gasteiger partial charge < -0.3 is 15.0 Å². The third-order valence-electron chi connectivity index (χ3n) is 2.79. The maximum absolute atomic E-state index is 12.5. The van der Waals surface area contributed by atoms with Crippen LogP contribution in [0.5, 0.6) is 0 Å². The van der Waals surface area contributed by atoms with E-state index in [1.54, 1.807) is 7.11 Å². The Morgan fingerprint density at radius 3 is 2.75 bits per heavy atom. The molecule has 0 spiro atoms. The largest absolute Gasteiger partial charge is 0.447 e. The third-order valence-corrected chi connectivity index (χ3v) is 3.54. The summed E-state index contributed by atoms with van der Waals surface area (Å²) in [5.41, 5.74) is -4.75. The molecule has 6 nitrogen and oxygen atoms in total. The van der Waals surface area contributed by atoms with Crippen molar-refractivity contribution in [3.8, 4) is 0 Å². The highest BCUT2D eigenvalue weighted by Crippen LogP contribution is 2.37. The molecular formula is C14H18F3N3O3S. The van der Waals surface area contributed by atoms with Gasteiger partial charge in [0.15, 0.2) is 0 Å². The van der Waals surface area contributed by atoms with E-state index in [1.165, 1.54) is 25.4 Å². The molecule has 0 aliphatic carbocycles. The van der Waals surface area contributed by atoms with Gasteiger partial charge in [0.25, 0.3) is 5.91 Å². The average Bonchev–Trinajstić information content (AvgIpc) is 2.50. The van der Waals surface area contributed by atoms with E-state index in [9.17, 15) is 22.8 Å². The summed E-state index contributed by atoms with van der Waals surface area (Å²) < 4.78 is 42.4. The molecule has 1 heterocycles. The van der Waals surface area contributed by atoms with Gasteiger partial charge in [-0.05, 0) is 18.6 Å². The summed E-state index contributed by atoms with van der Waals surface area (Å²) in [6.45, 7) is 0.608. The number of nitrogens with one attached hydrogen (secondary N) is 1. The van der Waals surface area contributed by atoms with Crippen LogP contribution in [0.25, 0.3) is 0 Å². The predicted octanol–water partition coefficient (Wildman–Crippen LogP) is 1.92. The lowest BCUT2D eigenvalue weighted by molar-refractivity contribution is -0.121. The molecule has 0 fully saturated rings. The number of halogens is 3. The van der Waals surface area contributed by atoms with Crippen LogP contribution in [0.2, 0.25) is 0 Å². The fourth-order valence-corrected chi connectivity index (χ4v) is 2.34. The summed E-state index contributed by atoms with van der Waals surface area (Å²) in [5, 5.41) is 2.15. The fourth-order valence-electron chi connectivity index (χ4n) is 1.74. The molecule has 24 heavy (non-hydrogen) atoms. The molecule has 0 radical (unpaired) electrons. The number of hydrogen-bond donors (Lipinski definition) is 1. The number of pyridine rings is 1. The predicted molar refractivity (Wildman–Crippen MR) is 82.6 cm³/mol. The van der Waals surface area contributed by atoms with Crippen molar-refractivity contribution in [1.29, 1.82) is 0 Å². The van der Waals surface area contributed by atoms with E-state index < -0.39 is 34.1 Å². The molecule has 0 aromatic carbocycles. The highest BCUT2D eigenvalue weighted by Gasteiger charge is 2.32. The van der Waals surface area contributed by atoms with Crippen molar-refractivity contribution in [2.75, 3.05) is 33.9 Å². The van der Waals surface area contributed by atoms with Crippen molar-refractivity contribution in [2.24, 2.45) is 0 Å². The van der Waals surface area contributed by atoms with Crippen LogP contribution in [0.1, 0.15) is 16.8 Å². The Hall–Kier alpha value is -1.81. The smallest absolute Gasteiger partial charge is 0.385 e. The first-order valence-corrected chi connectivity index (χ1v) is 7.78. The molecule has 1 rings (SSSR count). The van der Waals surface area contributed by atoms with E-state index in [0.29, 0.717) is 19.6 Å². The Bertz CT molecular complexity index is 570. The molecule has 0 saturated heterocycles. The summed E-state index contributed by atoms with van der Waals surface area (Å²) in [4.78, 5) is 28.6. The van der Waals surface area contributed by atoms with E-state index in [4.69, 9.17) is 4.74 Å². The number of carbonyl (C=O) groups is 2. The first-order chi connectivity index (χ1) is 11.2. The molecule has 0 aliphatic heterocycles. The van der Waals surface area contributed by atoms with Gasteiger partial charge in [-0.15, -0.1) is 0 Å². The van der Waals surface area contributed by atoms with E-state index >= 15 is 0 Å². The minimum Gasteiger partial charge on any atom is -0.385 e. The van der Waals surface area contributed by atoms with Crippen LogP contribution in [0.15, 0.2) is 23.4 Å². The molecule has 0 unspecified atom stereocenters. The van der Waals surface area contributed by atoms with Crippen molar-refractivity contribution < 1.29 is 27.5 Å². The second kappa shape index (κ2) is 9.48. The topological polar surface area (TPSA) is 71.5 Å². The van der Waals surface area contributed by atoms with Crippen LogP contribution in [0.3, 0.4) is 0 Å². The summed E-state index contributed by atoms with van der Waals surface area (Å²) in [6.07, 6.45) is 1.79. The van der Waals surface area contributed by atoms with Crippen LogP contribution in [-0.2, 0) is 9.53 Å². The summed E-state index contributed by atoms with van der Waals surface area (Å²) in [6, 6.07) is 2.61. The molecule has 0 atom stereocenters. The van der Waals surface area contributed by atoms with Gasteiger partial charge in [-0.3, -0.25) is 9.59 Å². The zero-order valence-electron chi connectivity index (χ0n) is 13.2. The molecule has 134 valence electrons. The van der Waals surface area contributed by atoms with Crippen molar-refractivity contribution in [3.05, 3.63) is 23.9 Å². The minimum absolute atomic E-state index is 0.200. The Labute approximate surface area is 141 Å². The van der Waals surface area contributed by atoms with E-state index in [0.717, 1.165) is 4.90 Å². The van der Waals surface area contributed by atoms with Crippen molar-refractivity contribution in [1.82, 2.24) is 15.2 Å². The number of carbonyl (C=O) groups excluding carboxylic acids is 2. The first-order valence-electron chi connectivity index (χ1n) is 6.96. The van der Waals surface area contributed by atoms with Crippen LogP contribution < -0.4 is 5.32 Å². The van der Waals surface area contributed by atoms with Crippen LogP contribution in [0.4, 0.5) is 13.2 Å². The number of aromatic nitrogens is 1.